The molecule has 4 nitrogen and oxygen atoms in total. The normalized spacial score (nSPS) is 10.7. The lowest BCUT2D eigenvalue weighted by atomic mass is 10.1. The molecular formula is C21H21ClN4S. The minimum Gasteiger partial charge on any atom is -0.326 e. The van der Waals surface area contributed by atoms with Crippen LogP contribution in [0, 0.1) is 0 Å². The highest BCUT2D eigenvalue weighted by atomic mass is 35.5. The van der Waals surface area contributed by atoms with Gasteiger partial charge in [0.1, 0.15) is 0 Å². The van der Waals surface area contributed by atoms with Crippen molar-refractivity contribution in [3.8, 4) is 11.4 Å². The second-order valence-corrected chi connectivity index (χ2v) is 7.16. The molecule has 0 fully saturated rings. The summed E-state index contributed by atoms with van der Waals surface area (Å²) in [5, 5.41) is 8.78. The molecule has 6 heteroatoms. The van der Waals surface area contributed by atoms with Gasteiger partial charge in [-0.3, -0.25) is 4.40 Å². The summed E-state index contributed by atoms with van der Waals surface area (Å²) in [6.45, 7) is 2.69. The fourth-order valence-corrected chi connectivity index (χ4v) is 4.04. The van der Waals surface area contributed by atoms with Crippen molar-refractivity contribution in [3.63, 3.8) is 0 Å². The molecule has 0 amide bonds. The summed E-state index contributed by atoms with van der Waals surface area (Å²) in [5.41, 5.74) is 10.3. The number of hydrogen-bond donors (Lipinski definition) is 1. The van der Waals surface area contributed by atoms with Crippen LogP contribution in [-0.4, -0.2) is 14.6 Å². The summed E-state index contributed by atoms with van der Waals surface area (Å²) < 4.78 is 2.07. The maximum atomic E-state index is 5.87. The molecule has 4 aromatic rings. The third kappa shape index (κ3) is 3.86. The number of aryl methyl sites for hydroxylation is 1. The molecule has 2 aromatic heterocycles. The van der Waals surface area contributed by atoms with Gasteiger partial charge in [0.2, 0.25) is 0 Å². The zero-order valence-corrected chi connectivity index (χ0v) is 16.6. The van der Waals surface area contributed by atoms with Crippen molar-refractivity contribution in [2.45, 2.75) is 29.7 Å². The molecule has 0 aliphatic heterocycles. The Morgan fingerprint density at radius 1 is 0.926 bits per heavy atom. The number of nitrogens with two attached hydrogens (primary N) is 1. The molecule has 0 spiro atoms. The lowest BCUT2D eigenvalue weighted by Gasteiger charge is -2.09. The maximum Gasteiger partial charge on any atom is 0.168 e. The topological polar surface area (TPSA) is 56.2 Å². The molecule has 0 saturated heterocycles. The second-order valence-electron chi connectivity index (χ2n) is 6.04. The van der Waals surface area contributed by atoms with Gasteiger partial charge in [-0.05, 0) is 35.7 Å². The van der Waals surface area contributed by atoms with E-state index in [9.17, 15) is 0 Å². The Bertz CT molecular complexity index is 1060. The lowest BCUT2D eigenvalue weighted by molar-refractivity contribution is 1.03. The molecule has 0 radical (unpaired) electrons. The highest BCUT2D eigenvalue weighted by Gasteiger charge is 2.12. The van der Waals surface area contributed by atoms with Gasteiger partial charge in [0.25, 0.3) is 0 Å². The highest BCUT2D eigenvalue weighted by molar-refractivity contribution is 7.99. The first-order valence-corrected chi connectivity index (χ1v) is 9.50. The van der Waals surface area contributed by atoms with Gasteiger partial charge >= 0.3 is 0 Å². The molecule has 27 heavy (non-hydrogen) atoms. The predicted octanol–water partition coefficient (Wildman–Crippen LogP) is 4.99. The monoisotopic (exact) mass is 396 g/mol. The zero-order chi connectivity index (χ0) is 17.9. The van der Waals surface area contributed by atoms with E-state index in [1.807, 2.05) is 24.3 Å². The number of fused-ring (bicyclic) bond motifs is 1. The summed E-state index contributed by atoms with van der Waals surface area (Å²) >= 11 is 1.71. The van der Waals surface area contributed by atoms with Gasteiger partial charge < -0.3 is 5.73 Å². The van der Waals surface area contributed by atoms with E-state index < -0.39 is 0 Å². The van der Waals surface area contributed by atoms with Crippen LogP contribution in [0.2, 0.25) is 0 Å². The molecule has 2 N–H and O–H groups in total. The largest absolute Gasteiger partial charge is 0.326 e. The smallest absolute Gasteiger partial charge is 0.168 e. The Morgan fingerprint density at radius 3 is 2.44 bits per heavy atom. The predicted molar refractivity (Wildman–Crippen MR) is 114 cm³/mol. The molecule has 0 unspecified atom stereocenters. The molecule has 0 atom stereocenters. The SMILES string of the molecule is CCc1ccccc1-c1nnc2ccc(Sc3ccccc3CN)cn12.Cl. The van der Waals surface area contributed by atoms with Crippen LogP contribution >= 0.6 is 24.2 Å². The van der Waals surface area contributed by atoms with Crippen LogP contribution in [0.1, 0.15) is 18.1 Å². The van der Waals surface area contributed by atoms with Crippen molar-refractivity contribution in [1.82, 2.24) is 14.6 Å². The third-order valence-electron chi connectivity index (χ3n) is 4.43. The Morgan fingerprint density at radius 2 is 1.67 bits per heavy atom. The summed E-state index contributed by atoms with van der Waals surface area (Å²) in [6, 6.07) is 20.7. The van der Waals surface area contributed by atoms with E-state index in [4.69, 9.17) is 5.73 Å². The van der Waals surface area contributed by atoms with Crippen LogP contribution in [0.4, 0.5) is 0 Å². The Hall–Kier alpha value is -2.34. The van der Waals surface area contributed by atoms with Crippen LogP contribution in [0.15, 0.2) is 76.7 Å². The van der Waals surface area contributed by atoms with Crippen molar-refractivity contribution in [2.24, 2.45) is 5.73 Å². The number of aromatic nitrogens is 3. The van der Waals surface area contributed by atoms with E-state index in [0.29, 0.717) is 6.54 Å². The van der Waals surface area contributed by atoms with Crippen molar-refractivity contribution in [2.75, 3.05) is 0 Å². The summed E-state index contributed by atoms with van der Waals surface area (Å²) in [5.74, 6) is 0.881. The van der Waals surface area contributed by atoms with E-state index in [2.05, 4.69) is 64.1 Å². The van der Waals surface area contributed by atoms with Gasteiger partial charge in [-0.1, -0.05) is 61.2 Å². The molecular weight excluding hydrogens is 376 g/mol. The minimum absolute atomic E-state index is 0. The van der Waals surface area contributed by atoms with Gasteiger partial charge in [-0.15, -0.1) is 22.6 Å². The van der Waals surface area contributed by atoms with E-state index >= 15 is 0 Å². The lowest BCUT2D eigenvalue weighted by Crippen LogP contribution is -1.98. The van der Waals surface area contributed by atoms with Crippen molar-refractivity contribution >= 4 is 29.8 Å². The summed E-state index contributed by atoms with van der Waals surface area (Å²) in [6.07, 6.45) is 3.07. The minimum atomic E-state index is 0. The standard InChI is InChI=1S/C21H20N4S.ClH/c1-2-15-7-3-5-9-18(15)21-24-23-20-12-11-17(14-25(20)21)26-19-10-6-4-8-16(19)13-22;/h3-12,14H,2,13,22H2,1H3;1H. The van der Waals surface area contributed by atoms with E-state index in [1.165, 1.54) is 10.5 Å². The fraction of sp³-hybridized carbons (Fsp3) is 0.143. The molecule has 0 aliphatic carbocycles. The Balaban J connectivity index is 0.00000210. The molecule has 2 aromatic carbocycles. The van der Waals surface area contributed by atoms with Gasteiger partial charge in [0.15, 0.2) is 11.5 Å². The van der Waals surface area contributed by atoms with Gasteiger partial charge in [-0.25, -0.2) is 0 Å². The van der Waals surface area contributed by atoms with Gasteiger partial charge in [0.05, 0.1) is 0 Å². The Labute approximate surface area is 169 Å². The highest BCUT2D eigenvalue weighted by Crippen LogP contribution is 2.31. The van der Waals surface area contributed by atoms with Crippen LogP contribution in [0.25, 0.3) is 17.0 Å². The number of rotatable bonds is 5. The van der Waals surface area contributed by atoms with E-state index in [0.717, 1.165) is 33.9 Å². The van der Waals surface area contributed by atoms with E-state index in [1.54, 1.807) is 11.8 Å². The number of nitrogens with zero attached hydrogens (tertiary/aromatic N) is 3. The van der Waals surface area contributed by atoms with Gasteiger partial charge in [0, 0.05) is 28.1 Å². The average Bonchev–Trinajstić information content (AvgIpc) is 3.11. The molecule has 4 rings (SSSR count). The number of pyridine rings is 1. The maximum absolute atomic E-state index is 5.87. The molecule has 138 valence electrons. The van der Waals surface area contributed by atoms with Crippen molar-refractivity contribution in [1.29, 1.82) is 0 Å². The van der Waals surface area contributed by atoms with Crippen LogP contribution in [0.3, 0.4) is 0 Å². The zero-order valence-electron chi connectivity index (χ0n) is 15.0. The van der Waals surface area contributed by atoms with Crippen LogP contribution in [-0.2, 0) is 13.0 Å². The first-order valence-electron chi connectivity index (χ1n) is 8.69. The van der Waals surface area contributed by atoms with Crippen molar-refractivity contribution in [3.05, 3.63) is 78.0 Å². The van der Waals surface area contributed by atoms with Crippen LogP contribution in [0.5, 0.6) is 0 Å². The molecule has 0 aliphatic rings. The first-order chi connectivity index (χ1) is 12.8. The first kappa shape index (κ1) is 19.4. The number of benzene rings is 2. The van der Waals surface area contributed by atoms with Crippen molar-refractivity contribution < 1.29 is 0 Å². The van der Waals surface area contributed by atoms with E-state index in [-0.39, 0.29) is 12.4 Å². The number of hydrogen-bond acceptors (Lipinski definition) is 4. The summed E-state index contributed by atoms with van der Waals surface area (Å²) in [4.78, 5) is 2.31. The quantitative estimate of drug-likeness (QED) is 0.516. The van der Waals surface area contributed by atoms with Crippen LogP contribution < -0.4 is 5.73 Å². The number of halogens is 1. The molecule has 2 heterocycles. The van der Waals surface area contributed by atoms with Gasteiger partial charge in [-0.2, -0.15) is 0 Å². The second kappa shape index (κ2) is 8.57. The Kier molecular flexibility index (Phi) is 6.16. The third-order valence-corrected chi connectivity index (χ3v) is 5.53. The summed E-state index contributed by atoms with van der Waals surface area (Å²) in [7, 11) is 0. The average molecular weight is 397 g/mol. The molecule has 0 saturated carbocycles. The fourth-order valence-electron chi connectivity index (χ4n) is 3.06. The molecule has 0 bridgehead atoms.